The molecule has 0 aliphatic heterocycles. The van der Waals surface area contributed by atoms with Crippen LogP contribution in [0.4, 0.5) is 5.69 Å². The largest absolute Gasteiger partial charge is 0.481 e. The first-order chi connectivity index (χ1) is 10.4. The van der Waals surface area contributed by atoms with Crippen molar-refractivity contribution in [2.45, 2.75) is 26.7 Å². The van der Waals surface area contributed by atoms with Gasteiger partial charge in [0, 0.05) is 17.8 Å². The lowest BCUT2D eigenvalue weighted by Crippen LogP contribution is -2.15. The molecule has 0 saturated heterocycles. The van der Waals surface area contributed by atoms with E-state index in [1.54, 1.807) is 38.1 Å². The Kier molecular flexibility index (Phi) is 4.83. The van der Waals surface area contributed by atoms with E-state index in [-0.39, 0.29) is 12.3 Å². The molecule has 1 aromatic heterocycles. The minimum atomic E-state index is -0.846. The molecule has 0 atom stereocenters. The maximum atomic E-state index is 12.2. The minimum Gasteiger partial charge on any atom is -0.481 e. The summed E-state index contributed by atoms with van der Waals surface area (Å²) in [6, 6.07) is 8.75. The second-order valence-corrected chi connectivity index (χ2v) is 4.99. The molecule has 0 spiro atoms. The number of carboxylic acid groups (broad SMARTS) is 1. The summed E-state index contributed by atoms with van der Waals surface area (Å²) in [4.78, 5) is 31.0. The lowest BCUT2D eigenvalue weighted by molar-refractivity contribution is -0.136. The fourth-order valence-electron chi connectivity index (χ4n) is 2.08. The Morgan fingerprint density at radius 2 is 1.95 bits per heavy atom. The number of anilines is 1. The number of carboxylic acids is 1. The maximum Gasteiger partial charge on any atom is 0.303 e. The van der Waals surface area contributed by atoms with Gasteiger partial charge in [-0.15, -0.1) is 0 Å². The third kappa shape index (κ3) is 4.37. The van der Waals surface area contributed by atoms with E-state index in [1.165, 1.54) is 0 Å². The van der Waals surface area contributed by atoms with Crippen molar-refractivity contribution in [3.8, 4) is 0 Å². The topological polar surface area (TPSA) is 92.2 Å². The number of nitrogens with zero attached hydrogens (tertiary/aromatic N) is 2. The molecule has 114 valence electrons. The molecule has 1 aromatic carbocycles. The zero-order valence-electron chi connectivity index (χ0n) is 12.5. The van der Waals surface area contributed by atoms with E-state index in [9.17, 15) is 9.59 Å². The van der Waals surface area contributed by atoms with Gasteiger partial charge in [-0.1, -0.05) is 12.1 Å². The van der Waals surface area contributed by atoms with Gasteiger partial charge in [-0.2, -0.15) is 0 Å². The van der Waals surface area contributed by atoms with Crippen LogP contribution in [0, 0.1) is 13.8 Å². The number of carbonyl (C=O) groups excluding carboxylic acids is 1. The molecule has 2 aromatic rings. The SMILES string of the molecule is Cc1cc(C(=O)Nc2cccc(CCC(=O)O)c2)nc(C)n1. The highest BCUT2D eigenvalue weighted by Gasteiger charge is 2.10. The fraction of sp³-hybridized carbons (Fsp3) is 0.250. The van der Waals surface area contributed by atoms with Crippen LogP contribution in [0.2, 0.25) is 0 Å². The van der Waals surface area contributed by atoms with Gasteiger partial charge in [0.05, 0.1) is 0 Å². The Morgan fingerprint density at radius 3 is 2.64 bits per heavy atom. The molecule has 0 bridgehead atoms. The van der Waals surface area contributed by atoms with Gasteiger partial charge >= 0.3 is 5.97 Å². The standard InChI is InChI=1S/C16H17N3O3/c1-10-8-14(18-11(2)17-10)16(22)19-13-5-3-4-12(9-13)6-7-15(20)21/h3-5,8-9H,6-7H2,1-2H3,(H,19,22)(H,20,21). The number of aryl methyl sites for hydroxylation is 3. The van der Waals surface area contributed by atoms with Crippen LogP contribution < -0.4 is 5.32 Å². The summed E-state index contributed by atoms with van der Waals surface area (Å²) in [6.07, 6.45) is 0.479. The van der Waals surface area contributed by atoms with Crippen molar-refractivity contribution in [3.63, 3.8) is 0 Å². The monoisotopic (exact) mass is 299 g/mol. The molecule has 0 saturated carbocycles. The van der Waals surface area contributed by atoms with Crippen molar-refractivity contribution in [2.75, 3.05) is 5.32 Å². The summed E-state index contributed by atoms with van der Waals surface area (Å²) in [5, 5.41) is 11.5. The predicted molar refractivity (Wildman–Crippen MR) is 81.9 cm³/mol. The average Bonchev–Trinajstić information content (AvgIpc) is 2.44. The molecule has 0 aliphatic rings. The number of aromatic nitrogens is 2. The van der Waals surface area contributed by atoms with Gasteiger partial charge in [0.2, 0.25) is 0 Å². The molecular weight excluding hydrogens is 282 g/mol. The maximum absolute atomic E-state index is 12.2. The minimum absolute atomic E-state index is 0.0572. The number of benzene rings is 1. The van der Waals surface area contributed by atoms with Gasteiger partial charge in [-0.25, -0.2) is 9.97 Å². The number of aliphatic carboxylic acids is 1. The van der Waals surface area contributed by atoms with Gasteiger partial charge in [0.1, 0.15) is 11.5 Å². The molecule has 1 amide bonds. The molecule has 0 fully saturated rings. The van der Waals surface area contributed by atoms with Crippen LogP contribution in [0.3, 0.4) is 0 Å². The molecule has 0 aliphatic carbocycles. The first-order valence-electron chi connectivity index (χ1n) is 6.88. The number of amides is 1. The fourth-order valence-corrected chi connectivity index (χ4v) is 2.08. The van der Waals surface area contributed by atoms with Gasteiger partial charge in [0.15, 0.2) is 0 Å². The quantitative estimate of drug-likeness (QED) is 0.884. The van der Waals surface area contributed by atoms with E-state index in [4.69, 9.17) is 5.11 Å². The number of rotatable bonds is 5. The molecule has 6 heteroatoms. The highest BCUT2D eigenvalue weighted by atomic mass is 16.4. The number of carbonyl (C=O) groups is 2. The van der Waals surface area contributed by atoms with Crippen molar-refractivity contribution in [1.82, 2.24) is 9.97 Å². The highest BCUT2D eigenvalue weighted by molar-refractivity contribution is 6.02. The third-order valence-corrected chi connectivity index (χ3v) is 3.01. The van der Waals surface area contributed by atoms with E-state index in [1.807, 2.05) is 6.07 Å². The molecule has 2 rings (SSSR count). The van der Waals surface area contributed by atoms with Crippen molar-refractivity contribution < 1.29 is 14.7 Å². The van der Waals surface area contributed by atoms with Gasteiger partial charge in [-0.05, 0) is 44.0 Å². The van der Waals surface area contributed by atoms with E-state index in [0.29, 0.717) is 23.6 Å². The Hall–Kier alpha value is -2.76. The van der Waals surface area contributed by atoms with Gasteiger partial charge in [0.25, 0.3) is 5.91 Å². The molecule has 22 heavy (non-hydrogen) atoms. The summed E-state index contributed by atoms with van der Waals surface area (Å²) in [6.45, 7) is 3.54. The molecule has 0 radical (unpaired) electrons. The van der Waals surface area contributed by atoms with Crippen molar-refractivity contribution >= 4 is 17.6 Å². The van der Waals surface area contributed by atoms with Crippen molar-refractivity contribution in [1.29, 1.82) is 0 Å². The van der Waals surface area contributed by atoms with Crippen LogP contribution in [0.5, 0.6) is 0 Å². The lowest BCUT2D eigenvalue weighted by atomic mass is 10.1. The first kappa shape index (κ1) is 15.6. The van der Waals surface area contributed by atoms with Crippen LogP contribution in [-0.2, 0) is 11.2 Å². The molecule has 6 nitrogen and oxygen atoms in total. The summed E-state index contributed by atoms with van der Waals surface area (Å²) >= 11 is 0. The molecule has 0 unspecified atom stereocenters. The van der Waals surface area contributed by atoms with E-state index in [2.05, 4.69) is 15.3 Å². The number of nitrogens with one attached hydrogen (secondary N) is 1. The van der Waals surface area contributed by atoms with Gasteiger partial charge in [-0.3, -0.25) is 9.59 Å². The smallest absolute Gasteiger partial charge is 0.303 e. The first-order valence-corrected chi connectivity index (χ1v) is 6.88. The van der Waals surface area contributed by atoms with Crippen molar-refractivity contribution in [3.05, 3.63) is 53.1 Å². The van der Waals surface area contributed by atoms with Gasteiger partial charge < -0.3 is 10.4 Å². The van der Waals surface area contributed by atoms with Crippen LogP contribution in [0.15, 0.2) is 30.3 Å². The molecule has 2 N–H and O–H groups in total. The Labute approximate surface area is 128 Å². The Morgan fingerprint density at radius 1 is 1.18 bits per heavy atom. The van der Waals surface area contributed by atoms with E-state index in [0.717, 1.165) is 11.3 Å². The molecular formula is C16H17N3O3. The number of hydrogen-bond donors (Lipinski definition) is 2. The lowest BCUT2D eigenvalue weighted by Gasteiger charge is -2.07. The van der Waals surface area contributed by atoms with Crippen LogP contribution in [0.1, 0.15) is 34.0 Å². The van der Waals surface area contributed by atoms with Crippen LogP contribution in [0.25, 0.3) is 0 Å². The zero-order chi connectivity index (χ0) is 16.1. The normalized spacial score (nSPS) is 10.3. The Balaban J connectivity index is 2.11. The van der Waals surface area contributed by atoms with Crippen molar-refractivity contribution in [2.24, 2.45) is 0 Å². The second-order valence-electron chi connectivity index (χ2n) is 4.99. The number of hydrogen-bond acceptors (Lipinski definition) is 4. The summed E-state index contributed by atoms with van der Waals surface area (Å²) in [7, 11) is 0. The summed E-state index contributed by atoms with van der Waals surface area (Å²) in [5.74, 6) is -0.620. The zero-order valence-corrected chi connectivity index (χ0v) is 12.5. The highest BCUT2D eigenvalue weighted by Crippen LogP contribution is 2.13. The molecule has 1 heterocycles. The summed E-state index contributed by atoms with van der Waals surface area (Å²) < 4.78 is 0. The van der Waals surface area contributed by atoms with E-state index >= 15 is 0 Å². The van der Waals surface area contributed by atoms with E-state index < -0.39 is 5.97 Å². The van der Waals surface area contributed by atoms with Crippen LogP contribution >= 0.6 is 0 Å². The average molecular weight is 299 g/mol. The summed E-state index contributed by atoms with van der Waals surface area (Å²) in [5.41, 5.74) is 2.51. The second kappa shape index (κ2) is 6.80. The Bertz CT molecular complexity index is 693. The third-order valence-electron chi connectivity index (χ3n) is 3.01. The van der Waals surface area contributed by atoms with Crippen LogP contribution in [-0.4, -0.2) is 27.0 Å². The predicted octanol–water partition coefficient (Wildman–Crippen LogP) is 2.36.